The van der Waals surface area contributed by atoms with Crippen molar-refractivity contribution in [1.82, 2.24) is 20.3 Å². The van der Waals surface area contributed by atoms with Gasteiger partial charge in [0.15, 0.2) is 0 Å². The van der Waals surface area contributed by atoms with Crippen molar-refractivity contribution in [3.05, 3.63) is 34.7 Å². The maximum Gasteiger partial charge on any atom is 0.270 e. The van der Waals surface area contributed by atoms with Gasteiger partial charge in [0.25, 0.3) is 5.91 Å². The third kappa shape index (κ3) is 3.23. The van der Waals surface area contributed by atoms with Crippen molar-refractivity contribution in [1.29, 1.82) is 0 Å². The standard InChI is InChI=1S/C14H17N5O2S/c1-10-4-12(17-8-16-10)19-3-2-14(21,7-19)6-15-13(20)11-5-22-9-18-11/h4-5,8-9,21H,2-3,6-7H2,1H3,(H,15,20). The summed E-state index contributed by atoms with van der Waals surface area (Å²) in [6.07, 6.45) is 2.10. The number of nitrogens with zero attached hydrogens (tertiary/aromatic N) is 4. The fourth-order valence-electron chi connectivity index (χ4n) is 2.47. The van der Waals surface area contributed by atoms with E-state index in [4.69, 9.17) is 0 Å². The zero-order chi connectivity index (χ0) is 15.6. The van der Waals surface area contributed by atoms with Crippen molar-refractivity contribution in [3.63, 3.8) is 0 Å². The molecule has 116 valence electrons. The number of aryl methyl sites for hydroxylation is 1. The highest BCUT2D eigenvalue weighted by Crippen LogP contribution is 2.25. The molecule has 0 saturated carbocycles. The Morgan fingerprint density at radius 3 is 3.09 bits per heavy atom. The molecule has 3 rings (SSSR count). The first-order valence-electron chi connectivity index (χ1n) is 6.98. The largest absolute Gasteiger partial charge is 0.386 e. The van der Waals surface area contributed by atoms with Crippen LogP contribution in [0.1, 0.15) is 22.6 Å². The third-order valence-electron chi connectivity index (χ3n) is 3.69. The number of hydrogen-bond donors (Lipinski definition) is 2. The Hall–Kier alpha value is -2.06. The van der Waals surface area contributed by atoms with Gasteiger partial charge in [-0.15, -0.1) is 11.3 Å². The summed E-state index contributed by atoms with van der Waals surface area (Å²) in [6.45, 7) is 3.23. The molecule has 2 aromatic rings. The molecule has 0 aromatic carbocycles. The van der Waals surface area contributed by atoms with Gasteiger partial charge in [-0.1, -0.05) is 0 Å². The predicted octanol–water partition coefficient (Wildman–Crippen LogP) is 0.613. The average molecular weight is 319 g/mol. The van der Waals surface area contributed by atoms with E-state index >= 15 is 0 Å². The average Bonchev–Trinajstić information content (AvgIpc) is 3.15. The minimum absolute atomic E-state index is 0.198. The predicted molar refractivity (Wildman–Crippen MR) is 83.0 cm³/mol. The van der Waals surface area contributed by atoms with E-state index in [1.807, 2.05) is 17.9 Å². The van der Waals surface area contributed by atoms with Gasteiger partial charge in [0, 0.05) is 36.8 Å². The zero-order valence-electron chi connectivity index (χ0n) is 12.2. The summed E-state index contributed by atoms with van der Waals surface area (Å²) >= 11 is 1.37. The number of carbonyl (C=O) groups is 1. The number of aromatic nitrogens is 3. The van der Waals surface area contributed by atoms with Crippen molar-refractivity contribution in [2.75, 3.05) is 24.5 Å². The number of thiazole rings is 1. The molecule has 2 N–H and O–H groups in total. The Bertz CT molecular complexity index is 663. The second-order valence-corrected chi connectivity index (χ2v) is 6.19. The summed E-state index contributed by atoms with van der Waals surface area (Å²) in [5, 5.41) is 15.1. The van der Waals surface area contributed by atoms with Crippen molar-refractivity contribution in [2.24, 2.45) is 0 Å². The zero-order valence-corrected chi connectivity index (χ0v) is 13.0. The molecule has 1 amide bonds. The van der Waals surface area contributed by atoms with Crippen LogP contribution in [-0.4, -0.2) is 51.2 Å². The fraction of sp³-hybridized carbons (Fsp3) is 0.429. The molecule has 1 unspecified atom stereocenters. The molecule has 1 aliphatic rings. The first-order chi connectivity index (χ1) is 10.6. The molecule has 22 heavy (non-hydrogen) atoms. The van der Waals surface area contributed by atoms with Crippen LogP contribution in [0.3, 0.4) is 0 Å². The second kappa shape index (κ2) is 5.98. The summed E-state index contributed by atoms with van der Waals surface area (Å²) in [4.78, 5) is 26.1. The van der Waals surface area contributed by atoms with Crippen LogP contribution in [0.15, 0.2) is 23.3 Å². The van der Waals surface area contributed by atoms with Crippen molar-refractivity contribution < 1.29 is 9.90 Å². The number of nitrogens with one attached hydrogen (secondary N) is 1. The van der Waals surface area contributed by atoms with Gasteiger partial charge in [-0.2, -0.15) is 0 Å². The van der Waals surface area contributed by atoms with Crippen molar-refractivity contribution in [3.8, 4) is 0 Å². The van der Waals surface area contributed by atoms with Crippen molar-refractivity contribution in [2.45, 2.75) is 18.9 Å². The smallest absolute Gasteiger partial charge is 0.270 e. The topological polar surface area (TPSA) is 91.2 Å². The minimum atomic E-state index is -0.954. The summed E-state index contributed by atoms with van der Waals surface area (Å²) < 4.78 is 0. The summed E-state index contributed by atoms with van der Waals surface area (Å²) in [7, 11) is 0. The van der Waals surface area contributed by atoms with E-state index in [1.165, 1.54) is 17.7 Å². The highest BCUT2D eigenvalue weighted by atomic mass is 32.1. The lowest BCUT2D eigenvalue weighted by molar-refractivity contribution is 0.0574. The normalized spacial score (nSPS) is 21.1. The Labute approximate surface area is 132 Å². The maximum absolute atomic E-state index is 11.9. The highest BCUT2D eigenvalue weighted by Gasteiger charge is 2.37. The van der Waals surface area contributed by atoms with Crippen LogP contribution in [0.25, 0.3) is 0 Å². The number of β-amino-alcohol motifs (C(OH)–C–C–N with tert-alkyl or cyclic N) is 1. The molecule has 7 nitrogen and oxygen atoms in total. The Balaban J connectivity index is 1.60. The quantitative estimate of drug-likeness (QED) is 0.858. The molecule has 8 heteroatoms. The van der Waals surface area contributed by atoms with E-state index < -0.39 is 5.60 Å². The van der Waals surface area contributed by atoms with Crippen molar-refractivity contribution >= 4 is 23.1 Å². The Morgan fingerprint density at radius 2 is 2.36 bits per heavy atom. The maximum atomic E-state index is 11.9. The van der Waals surface area contributed by atoms with E-state index in [0.717, 1.165) is 11.5 Å². The monoisotopic (exact) mass is 319 g/mol. The lowest BCUT2D eigenvalue weighted by atomic mass is 10.0. The van der Waals surface area contributed by atoms with Gasteiger partial charge in [-0.3, -0.25) is 4.79 Å². The minimum Gasteiger partial charge on any atom is -0.386 e. The molecule has 2 aromatic heterocycles. The molecule has 1 saturated heterocycles. The Kier molecular flexibility index (Phi) is 4.04. The van der Waals surface area contributed by atoms with E-state index in [2.05, 4.69) is 20.3 Å². The molecule has 1 aliphatic heterocycles. The van der Waals surface area contributed by atoms with Crippen LogP contribution >= 0.6 is 11.3 Å². The molecule has 0 bridgehead atoms. The van der Waals surface area contributed by atoms with Gasteiger partial charge in [0.1, 0.15) is 23.4 Å². The highest BCUT2D eigenvalue weighted by molar-refractivity contribution is 7.07. The molecule has 1 fully saturated rings. The van der Waals surface area contributed by atoms with Gasteiger partial charge in [0.2, 0.25) is 0 Å². The number of aliphatic hydroxyl groups is 1. The lowest BCUT2D eigenvalue weighted by Crippen LogP contribution is -2.45. The first-order valence-corrected chi connectivity index (χ1v) is 7.92. The SMILES string of the molecule is Cc1cc(N2CCC(O)(CNC(=O)c3cscn3)C2)ncn1. The van der Waals surface area contributed by atoms with Gasteiger partial charge >= 0.3 is 0 Å². The molecule has 0 spiro atoms. The molecule has 3 heterocycles. The molecular formula is C14H17N5O2S. The summed E-state index contributed by atoms with van der Waals surface area (Å²) in [5.41, 5.74) is 1.93. The number of hydrogen-bond acceptors (Lipinski definition) is 7. The van der Waals surface area contributed by atoms with Gasteiger partial charge in [-0.25, -0.2) is 15.0 Å². The van der Waals surface area contributed by atoms with Crippen LogP contribution in [0.5, 0.6) is 0 Å². The molecule has 0 aliphatic carbocycles. The Morgan fingerprint density at radius 1 is 1.50 bits per heavy atom. The summed E-state index contributed by atoms with van der Waals surface area (Å²) in [5.74, 6) is 0.542. The van der Waals surface area contributed by atoms with Gasteiger partial charge in [-0.05, 0) is 13.3 Å². The van der Waals surface area contributed by atoms with Crippen LogP contribution in [0.2, 0.25) is 0 Å². The number of rotatable bonds is 4. The third-order valence-corrected chi connectivity index (χ3v) is 4.28. The molecule has 0 radical (unpaired) electrons. The van der Waals surface area contributed by atoms with Crippen LogP contribution < -0.4 is 10.2 Å². The number of carbonyl (C=O) groups excluding carboxylic acids is 1. The lowest BCUT2D eigenvalue weighted by Gasteiger charge is -2.24. The number of anilines is 1. The number of amides is 1. The first kappa shape index (κ1) is 14.9. The molecule has 1 atom stereocenters. The van der Waals surface area contributed by atoms with Gasteiger partial charge in [0.05, 0.1) is 5.51 Å². The second-order valence-electron chi connectivity index (χ2n) is 5.47. The summed E-state index contributed by atoms with van der Waals surface area (Å²) in [6, 6.07) is 1.89. The van der Waals surface area contributed by atoms with Crippen LogP contribution in [0, 0.1) is 6.92 Å². The van der Waals surface area contributed by atoms with Crippen LogP contribution in [0.4, 0.5) is 5.82 Å². The van der Waals surface area contributed by atoms with E-state index in [9.17, 15) is 9.90 Å². The van der Waals surface area contributed by atoms with Crippen LogP contribution in [-0.2, 0) is 0 Å². The molecular weight excluding hydrogens is 302 g/mol. The van der Waals surface area contributed by atoms with E-state index in [0.29, 0.717) is 25.2 Å². The fourth-order valence-corrected chi connectivity index (χ4v) is 3.00. The van der Waals surface area contributed by atoms with Gasteiger partial charge < -0.3 is 15.3 Å². The van der Waals surface area contributed by atoms with E-state index in [1.54, 1.807) is 10.9 Å². The van der Waals surface area contributed by atoms with E-state index in [-0.39, 0.29) is 12.5 Å².